The number of benzene rings is 3. The SMILES string of the molecule is Cc1nn(-c2ccc(NC(=O)C(NC(=O)Nc3ccc(Cl)cc3)c3ccccc3)cc2)c(=N)s1. The number of urea groups is 1. The predicted octanol–water partition coefficient (Wildman–Crippen LogP) is 4.88. The van der Waals surface area contributed by atoms with E-state index < -0.39 is 18.0 Å². The highest BCUT2D eigenvalue weighted by Crippen LogP contribution is 2.19. The summed E-state index contributed by atoms with van der Waals surface area (Å²) < 4.78 is 1.53. The monoisotopic (exact) mass is 492 g/mol. The minimum Gasteiger partial charge on any atom is -0.324 e. The van der Waals surface area contributed by atoms with Crippen LogP contribution in [0.4, 0.5) is 16.2 Å². The summed E-state index contributed by atoms with van der Waals surface area (Å²) in [4.78, 5) is 26.1. The third-order valence-corrected chi connectivity index (χ3v) is 5.82. The van der Waals surface area contributed by atoms with Crippen molar-refractivity contribution in [1.29, 1.82) is 5.41 Å². The van der Waals surface area contributed by atoms with Crippen molar-refractivity contribution in [2.75, 3.05) is 10.6 Å². The predicted molar refractivity (Wildman–Crippen MR) is 133 cm³/mol. The Morgan fingerprint density at radius 3 is 2.18 bits per heavy atom. The molecule has 0 aliphatic rings. The lowest BCUT2D eigenvalue weighted by Crippen LogP contribution is -2.39. The van der Waals surface area contributed by atoms with Crippen molar-refractivity contribution in [2.24, 2.45) is 0 Å². The smallest absolute Gasteiger partial charge is 0.320 e. The molecule has 1 aromatic heterocycles. The highest BCUT2D eigenvalue weighted by molar-refractivity contribution is 7.08. The van der Waals surface area contributed by atoms with E-state index in [1.54, 1.807) is 72.8 Å². The van der Waals surface area contributed by atoms with Crippen LogP contribution in [0.2, 0.25) is 5.02 Å². The van der Waals surface area contributed by atoms with Crippen LogP contribution in [0.3, 0.4) is 0 Å². The first-order valence-corrected chi connectivity index (χ1v) is 11.5. The van der Waals surface area contributed by atoms with Gasteiger partial charge in [0.25, 0.3) is 5.91 Å². The molecule has 172 valence electrons. The van der Waals surface area contributed by atoms with Crippen molar-refractivity contribution in [3.8, 4) is 5.69 Å². The minimum absolute atomic E-state index is 0.314. The molecule has 10 heteroatoms. The number of aryl methyl sites for hydroxylation is 1. The molecule has 0 radical (unpaired) electrons. The lowest BCUT2D eigenvalue weighted by molar-refractivity contribution is -0.118. The molecule has 0 spiro atoms. The molecule has 1 atom stereocenters. The van der Waals surface area contributed by atoms with Gasteiger partial charge >= 0.3 is 6.03 Å². The molecule has 8 nitrogen and oxygen atoms in total. The first-order chi connectivity index (χ1) is 16.4. The molecule has 0 saturated carbocycles. The van der Waals surface area contributed by atoms with Gasteiger partial charge in [0, 0.05) is 16.4 Å². The molecule has 34 heavy (non-hydrogen) atoms. The average molecular weight is 493 g/mol. The topological polar surface area (TPSA) is 112 Å². The Bertz CT molecular complexity index is 1350. The molecule has 3 amide bonds. The summed E-state index contributed by atoms with van der Waals surface area (Å²) in [6.07, 6.45) is 0. The van der Waals surface area contributed by atoms with Crippen molar-refractivity contribution in [2.45, 2.75) is 13.0 Å². The lowest BCUT2D eigenvalue weighted by Gasteiger charge is -2.19. The largest absolute Gasteiger partial charge is 0.324 e. The highest BCUT2D eigenvalue weighted by atomic mass is 35.5. The Morgan fingerprint density at radius 1 is 0.941 bits per heavy atom. The van der Waals surface area contributed by atoms with Crippen LogP contribution >= 0.6 is 22.9 Å². The van der Waals surface area contributed by atoms with Crippen LogP contribution in [0.1, 0.15) is 16.6 Å². The quantitative estimate of drug-likeness (QED) is 0.308. The van der Waals surface area contributed by atoms with Gasteiger partial charge in [0.15, 0.2) is 0 Å². The van der Waals surface area contributed by atoms with Gasteiger partial charge < -0.3 is 16.0 Å². The summed E-state index contributed by atoms with van der Waals surface area (Å²) in [5.41, 5.74) is 2.45. The number of carbonyl (C=O) groups excluding carboxylic acids is 2. The number of halogens is 1. The van der Waals surface area contributed by atoms with Gasteiger partial charge in [-0.05, 0) is 61.0 Å². The number of amides is 3. The fourth-order valence-electron chi connectivity index (χ4n) is 3.24. The maximum absolute atomic E-state index is 13.1. The number of nitrogens with one attached hydrogen (secondary N) is 4. The molecule has 0 aliphatic carbocycles. The van der Waals surface area contributed by atoms with Gasteiger partial charge in [0.1, 0.15) is 11.0 Å². The van der Waals surface area contributed by atoms with Crippen molar-refractivity contribution >= 4 is 46.3 Å². The number of aromatic nitrogens is 2. The van der Waals surface area contributed by atoms with Crippen LogP contribution in [0.25, 0.3) is 5.69 Å². The molecule has 0 saturated heterocycles. The molecule has 4 aromatic rings. The Kier molecular flexibility index (Phi) is 7.05. The zero-order valence-electron chi connectivity index (χ0n) is 18.1. The molecule has 3 aromatic carbocycles. The Hall–Kier alpha value is -3.95. The van der Waals surface area contributed by atoms with Crippen LogP contribution in [-0.2, 0) is 4.79 Å². The second-order valence-electron chi connectivity index (χ2n) is 7.32. The lowest BCUT2D eigenvalue weighted by atomic mass is 10.1. The van der Waals surface area contributed by atoms with E-state index in [1.165, 1.54) is 16.0 Å². The average Bonchev–Trinajstić information content (AvgIpc) is 3.17. The Balaban J connectivity index is 1.49. The second kappa shape index (κ2) is 10.3. The highest BCUT2D eigenvalue weighted by Gasteiger charge is 2.23. The molecular weight excluding hydrogens is 472 g/mol. The van der Waals surface area contributed by atoms with Crippen LogP contribution in [0.5, 0.6) is 0 Å². The normalized spacial score (nSPS) is 11.5. The van der Waals surface area contributed by atoms with E-state index in [9.17, 15) is 9.59 Å². The van der Waals surface area contributed by atoms with E-state index in [2.05, 4.69) is 21.0 Å². The van der Waals surface area contributed by atoms with E-state index in [1.807, 2.05) is 13.0 Å². The number of anilines is 2. The van der Waals surface area contributed by atoms with E-state index >= 15 is 0 Å². The van der Waals surface area contributed by atoms with Crippen LogP contribution in [0, 0.1) is 12.3 Å². The number of carbonyl (C=O) groups is 2. The van der Waals surface area contributed by atoms with Crippen molar-refractivity contribution in [3.63, 3.8) is 0 Å². The summed E-state index contributed by atoms with van der Waals surface area (Å²) >= 11 is 7.17. The van der Waals surface area contributed by atoms with Crippen LogP contribution in [-0.4, -0.2) is 21.7 Å². The first kappa shape index (κ1) is 23.2. The molecule has 1 heterocycles. The standard InChI is InChI=1S/C24H21ClN6O2S/c1-15-30-31(23(26)34-15)20-13-11-18(12-14-20)27-22(32)21(16-5-3-2-4-6-16)29-24(33)28-19-9-7-17(25)8-10-19/h2-14,21,26H,1H3,(H,27,32)(H2,28,29,33). The van der Waals surface area contributed by atoms with Crippen LogP contribution < -0.4 is 20.8 Å². The molecule has 0 bridgehead atoms. The molecule has 4 N–H and O–H groups in total. The van der Waals surface area contributed by atoms with E-state index in [0.29, 0.717) is 32.4 Å². The van der Waals surface area contributed by atoms with Gasteiger partial charge in [0.2, 0.25) is 4.80 Å². The van der Waals surface area contributed by atoms with Gasteiger partial charge in [-0.3, -0.25) is 10.2 Å². The molecular formula is C24H21ClN6O2S. The third-order valence-electron chi connectivity index (χ3n) is 4.83. The number of hydrogen-bond donors (Lipinski definition) is 4. The molecule has 0 aliphatic heterocycles. The number of hydrogen-bond acceptors (Lipinski definition) is 5. The fraction of sp³-hybridized carbons (Fsp3) is 0.0833. The minimum atomic E-state index is -0.927. The number of nitrogens with zero attached hydrogens (tertiary/aromatic N) is 2. The van der Waals surface area contributed by atoms with Crippen molar-refractivity contribution < 1.29 is 9.59 Å². The van der Waals surface area contributed by atoms with Crippen molar-refractivity contribution in [3.05, 3.63) is 99.3 Å². The third kappa shape index (κ3) is 5.69. The zero-order chi connectivity index (χ0) is 24.1. The summed E-state index contributed by atoms with van der Waals surface area (Å²) in [7, 11) is 0. The van der Waals surface area contributed by atoms with Gasteiger partial charge in [-0.15, -0.1) is 0 Å². The van der Waals surface area contributed by atoms with Crippen LogP contribution in [0.15, 0.2) is 78.9 Å². The van der Waals surface area contributed by atoms with Gasteiger partial charge in [-0.2, -0.15) is 5.10 Å². The fourth-order valence-corrected chi connectivity index (χ4v) is 4.00. The molecule has 0 fully saturated rings. The first-order valence-electron chi connectivity index (χ1n) is 10.3. The van der Waals surface area contributed by atoms with Gasteiger partial charge in [0.05, 0.1) is 5.69 Å². The van der Waals surface area contributed by atoms with E-state index in [4.69, 9.17) is 17.0 Å². The summed E-state index contributed by atoms with van der Waals surface area (Å²) in [6, 6.07) is 21.2. The molecule has 4 rings (SSSR count). The van der Waals surface area contributed by atoms with E-state index in [0.717, 1.165) is 5.01 Å². The second-order valence-corrected chi connectivity index (χ2v) is 8.94. The summed E-state index contributed by atoms with van der Waals surface area (Å²) in [5, 5.41) is 21.9. The van der Waals surface area contributed by atoms with Crippen molar-refractivity contribution in [1.82, 2.24) is 15.1 Å². The van der Waals surface area contributed by atoms with Gasteiger partial charge in [-0.1, -0.05) is 53.3 Å². The summed E-state index contributed by atoms with van der Waals surface area (Å²) in [5.74, 6) is -0.399. The Labute approximate surface area is 204 Å². The zero-order valence-corrected chi connectivity index (χ0v) is 19.7. The Morgan fingerprint density at radius 2 is 1.56 bits per heavy atom. The summed E-state index contributed by atoms with van der Waals surface area (Å²) in [6.45, 7) is 1.84. The molecule has 1 unspecified atom stereocenters. The maximum atomic E-state index is 13.1. The van der Waals surface area contributed by atoms with E-state index in [-0.39, 0.29) is 0 Å². The van der Waals surface area contributed by atoms with Gasteiger partial charge in [-0.25, -0.2) is 9.48 Å². The number of rotatable bonds is 6. The maximum Gasteiger partial charge on any atom is 0.320 e.